The predicted molar refractivity (Wildman–Crippen MR) is 148 cm³/mol. The summed E-state index contributed by atoms with van der Waals surface area (Å²) >= 11 is 4.46. The van der Waals surface area contributed by atoms with Crippen LogP contribution in [0.2, 0.25) is 0 Å². The van der Waals surface area contributed by atoms with E-state index in [1.807, 2.05) is 23.4 Å². The van der Waals surface area contributed by atoms with E-state index in [4.69, 9.17) is 0 Å². The monoisotopic (exact) mass is 500 g/mol. The van der Waals surface area contributed by atoms with Gasteiger partial charge in [-0.25, -0.2) is 8.78 Å². The maximum Gasteiger partial charge on any atom is 0.154 e. The molecule has 1 aliphatic rings. The molecule has 0 bridgehead atoms. The van der Waals surface area contributed by atoms with E-state index < -0.39 is 17.3 Å². The zero-order chi connectivity index (χ0) is 25.5. The van der Waals surface area contributed by atoms with Gasteiger partial charge >= 0.3 is 0 Å². The average Bonchev–Trinajstić information content (AvgIpc) is 2.86. The van der Waals surface area contributed by atoms with Crippen LogP contribution in [-0.4, -0.2) is 5.16 Å². The van der Waals surface area contributed by atoms with Gasteiger partial charge in [-0.15, -0.1) is 0 Å². The third-order valence-corrected chi connectivity index (χ3v) is 6.75. The van der Waals surface area contributed by atoms with Gasteiger partial charge in [-0.2, -0.15) is 4.99 Å². The largest absolute Gasteiger partial charge is 0.355 e. The van der Waals surface area contributed by atoms with Crippen molar-refractivity contribution in [3.8, 4) is 11.8 Å². The van der Waals surface area contributed by atoms with Gasteiger partial charge in [0.05, 0.1) is 5.16 Å². The zero-order valence-corrected chi connectivity index (χ0v) is 21.6. The Morgan fingerprint density at radius 2 is 1.75 bits per heavy atom. The topological polar surface area (TPSA) is 24.4 Å². The van der Waals surface area contributed by atoms with Crippen LogP contribution in [0.25, 0.3) is 0 Å². The van der Waals surface area contributed by atoms with Crippen LogP contribution in [0, 0.1) is 29.4 Å². The van der Waals surface area contributed by atoms with E-state index in [0.29, 0.717) is 5.69 Å². The highest BCUT2D eigenvalue weighted by Gasteiger charge is 2.18. The number of hydrogen-bond donors (Lipinski definition) is 1. The number of nitrogens with one attached hydrogen (secondary N) is 1. The number of aliphatic imine (C=N–C) groups is 1. The van der Waals surface area contributed by atoms with Crippen LogP contribution in [0.4, 0.5) is 25.8 Å². The Labute approximate surface area is 217 Å². The summed E-state index contributed by atoms with van der Waals surface area (Å²) in [4.78, 5) is 3.46. The number of rotatable bonds is 7. The molecule has 2 nitrogen and oxygen atoms in total. The molecule has 0 amide bonds. The van der Waals surface area contributed by atoms with Crippen LogP contribution in [0.15, 0.2) is 53.5 Å². The summed E-state index contributed by atoms with van der Waals surface area (Å²) in [7, 11) is 0. The first-order chi connectivity index (χ1) is 17.5. The number of thiocarbonyl (C=S) groups is 1. The van der Waals surface area contributed by atoms with Crippen molar-refractivity contribution < 1.29 is 8.78 Å². The summed E-state index contributed by atoms with van der Waals surface area (Å²) in [5.41, 5.74) is 6.61. The molecule has 1 aliphatic carbocycles. The first-order valence-electron chi connectivity index (χ1n) is 12.6. The van der Waals surface area contributed by atoms with Crippen molar-refractivity contribution in [1.82, 2.24) is 0 Å². The maximum atomic E-state index is 14.2. The second-order valence-corrected chi connectivity index (χ2v) is 9.55. The molecule has 0 aliphatic heterocycles. The number of anilines is 2. The van der Waals surface area contributed by atoms with Crippen LogP contribution in [0.1, 0.15) is 67.3 Å². The van der Waals surface area contributed by atoms with E-state index >= 15 is 0 Å². The van der Waals surface area contributed by atoms with Crippen LogP contribution in [-0.2, 0) is 19.3 Å². The number of isothiocyanates is 1. The molecule has 4 rings (SSSR count). The lowest BCUT2D eigenvalue weighted by Crippen LogP contribution is -2.14. The van der Waals surface area contributed by atoms with Gasteiger partial charge < -0.3 is 5.32 Å². The molecule has 0 radical (unpaired) electrons. The quantitative estimate of drug-likeness (QED) is 0.199. The fourth-order valence-electron chi connectivity index (χ4n) is 4.93. The summed E-state index contributed by atoms with van der Waals surface area (Å²) in [6.45, 7) is 4.38. The molecule has 0 saturated carbocycles. The van der Waals surface area contributed by atoms with Gasteiger partial charge in [0.25, 0.3) is 0 Å². The standard InChI is InChI=1S/C31H30F2N2S/c1-3-5-21-8-11-26-16-22(9-12-25(26)15-21)7-10-23-13-14-27(17-24(23)6-4-2)35-28-18-29(32)31(34-20-36)30(33)19-28/h9,12-14,16-19,21,35H,3-6,8,11,15H2,1-2H3. The van der Waals surface area contributed by atoms with Crippen LogP contribution in [0.5, 0.6) is 0 Å². The third kappa shape index (κ3) is 6.26. The smallest absolute Gasteiger partial charge is 0.154 e. The molecule has 1 unspecified atom stereocenters. The molecule has 5 heteroatoms. The van der Waals surface area contributed by atoms with Crippen LogP contribution in [0.3, 0.4) is 0 Å². The van der Waals surface area contributed by atoms with Gasteiger partial charge in [0.15, 0.2) is 11.6 Å². The molecule has 36 heavy (non-hydrogen) atoms. The Morgan fingerprint density at radius 3 is 2.47 bits per heavy atom. The van der Waals surface area contributed by atoms with Crippen molar-refractivity contribution in [3.63, 3.8) is 0 Å². The molecule has 0 aromatic heterocycles. The molecular weight excluding hydrogens is 470 g/mol. The highest BCUT2D eigenvalue weighted by atomic mass is 32.1. The fraction of sp³-hybridized carbons (Fsp3) is 0.323. The van der Waals surface area contributed by atoms with Gasteiger partial charge in [-0.3, -0.25) is 0 Å². The van der Waals surface area contributed by atoms with Crippen LogP contribution < -0.4 is 5.32 Å². The number of aryl methyl sites for hydroxylation is 2. The Kier molecular flexibility index (Phi) is 8.65. The van der Waals surface area contributed by atoms with E-state index in [2.05, 4.69) is 66.4 Å². The lowest BCUT2D eigenvalue weighted by molar-refractivity contribution is 0.423. The van der Waals surface area contributed by atoms with Crippen molar-refractivity contribution in [2.75, 3.05) is 5.32 Å². The summed E-state index contributed by atoms with van der Waals surface area (Å²) in [6, 6.07) is 14.9. The Morgan fingerprint density at radius 1 is 0.944 bits per heavy atom. The maximum absolute atomic E-state index is 14.2. The van der Waals surface area contributed by atoms with Crippen molar-refractivity contribution in [3.05, 3.63) is 88.0 Å². The fourth-order valence-corrected chi connectivity index (χ4v) is 5.02. The normalized spacial score (nSPS) is 14.3. The van der Waals surface area contributed by atoms with Crippen molar-refractivity contribution >= 4 is 34.4 Å². The SMILES string of the molecule is CCCc1cc(Nc2cc(F)c(N=C=S)c(F)c2)ccc1C#Cc1ccc2c(c1)CCC(CCC)C2. The molecule has 1 N–H and O–H groups in total. The number of hydrogen-bond acceptors (Lipinski definition) is 3. The van der Waals surface area contributed by atoms with Crippen LogP contribution >= 0.6 is 12.2 Å². The number of benzene rings is 3. The molecular formula is C31H30F2N2S. The Balaban J connectivity index is 1.54. The van der Waals surface area contributed by atoms with E-state index in [1.165, 1.54) is 48.9 Å². The third-order valence-electron chi connectivity index (χ3n) is 6.66. The molecule has 0 saturated heterocycles. The van der Waals surface area contributed by atoms with E-state index in [1.54, 1.807) is 0 Å². The highest BCUT2D eigenvalue weighted by molar-refractivity contribution is 7.78. The first-order valence-corrected chi connectivity index (χ1v) is 13.0. The number of halogens is 2. The second-order valence-electron chi connectivity index (χ2n) is 9.37. The average molecular weight is 501 g/mol. The minimum Gasteiger partial charge on any atom is -0.355 e. The van der Waals surface area contributed by atoms with E-state index in [0.717, 1.165) is 47.6 Å². The highest BCUT2D eigenvalue weighted by Crippen LogP contribution is 2.30. The summed E-state index contributed by atoms with van der Waals surface area (Å²) in [5.74, 6) is 5.93. The van der Waals surface area contributed by atoms with E-state index in [-0.39, 0.29) is 0 Å². The van der Waals surface area contributed by atoms with E-state index in [9.17, 15) is 8.78 Å². The molecule has 0 heterocycles. The van der Waals surface area contributed by atoms with Crippen molar-refractivity contribution in [2.24, 2.45) is 10.9 Å². The van der Waals surface area contributed by atoms with Crippen molar-refractivity contribution in [2.45, 2.75) is 58.8 Å². The minimum absolute atomic E-state index is 0.296. The molecule has 0 spiro atoms. The number of nitrogens with zero attached hydrogens (tertiary/aromatic N) is 1. The molecule has 3 aromatic carbocycles. The van der Waals surface area contributed by atoms with Gasteiger partial charge in [0, 0.05) is 22.5 Å². The van der Waals surface area contributed by atoms with Gasteiger partial charge in [0.2, 0.25) is 0 Å². The summed E-state index contributed by atoms with van der Waals surface area (Å²) in [6.07, 6.45) is 7.96. The minimum atomic E-state index is -0.794. The number of fused-ring (bicyclic) bond motifs is 1. The molecule has 1 atom stereocenters. The summed E-state index contributed by atoms with van der Waals surface area (Å²) < 4.78 is 28.4. The second kappa shape index (κ2) is 12.1. The Hall–Kier alpha value is -3.32. The van der Waals surface area contributed by atoms with Gasteiger partial charge in [-0.05, 0) is 103 Å². The Bertz CT molecular complexity index is 1340. The molecule has 184 valence electrons. The first kappa shape index (κ1) is 25.8. The zero-order valence-electron chi connectivity index (χ0n) is 20.8. The lowest BCUT2D eigenvalue weighted by Gasteiger charge is -2.24. The molecule has 0 fully saturated rings. The predicted octanol–water partition coefficient (Wildman–Crippen LogP) is 8.70. The van der Waals surface area contributed by atoms with Crippen molar-refractivity contribution in [1.29, 1.82) is 0 Å². The van der Waals surface area contributed by atoms with Gasteiger partial charge in [0.1, 0.15) is 5.69 Å². The summed E-state index contributed by atoms with van der Waals surface area (Å²) in [5, 5.41) is 5.09. The van der Waals surface area contributed by atoms with Gasteiger partial charge in [-0.1, -0.05) is 51.0 Å². The molecule has 3 aromatic rings. The lowest BCUT2D eigenvalue weighted by atomic mass is 9.81.